The van der Waals surface area contributed by atoms with Crippen LogP contribution in [0.2, 0.25) is 0 Å². The number of rotatable bonds is 2. The van der Waals surface area contributed by atoms with E-state index in [-0.39, 0.29) is 14.7 Å². The van der Waals surface area contributed by atoms with E-state index in [0.29, 0.717) is 0 Å². The summed E-state index contributed by atoms with van der Waals surface area (Å²) in [5.41, 5.74) is 0.161. The number of aliphatic hydroxyl groups is 1. The minimum Gasteiger partial charge on any atom is -0.503 e. The van der Waals surface area contributed by atoms with Gasteiger partial charge in [-0.1, -0.05) is 24.3 Å². The van der Waals surface area contributed by atoms with Crippen LogP contribution in [0.25, 0.3) is 5.76 Å². The van der Waals surface area contributed by atoms with Gasteiger partial charge in [0.05, 0.1) is 0 Å². The van der Waals surface area contributed by atoms with Gasteiger partial charge in [0.25, 0.3) is 9.36 Å². The first-order valence-electron chi connectivity index (χ1n) is 5.09. The summed E-state index contributed by atoms with van der Waals surface area (Å²) in [6.07, 6.45) is -4.40. The van der Waals surface area contributed by atoms with Crippen LogP contribution < -0.4 is 21.2 Å². The number of Topliss-reactive ketones (excluding diaryl/α,β-unsaturated/α-hetero) is 2. The molecule has 0 aromatic heterocycles. The second-order valence-electron chi connectivity index (χ2n) is 3.75. The lowest BCUT2D eigenvalue weighted by Crippen LogP contribution is -3.63. The lowest BCUT2D eigenvalue weighted by Gasteiger charge is -2.11. The summed E-state index contributed by atoms with van der Waals surface area (Å²) in [5, 5.41) is 9.87. The molecule has 0 spiro atoms. The van der Waals surface area contributed by atoms with Gasteiger partial charge in [0.15, 0.2) is 5.76 Å². The fourth-order valence-corrected chi connectivity index (χ4v) is 3.66. The molecule has 1 aromatic carbocycles. The molecule has 0 atom stereocenters. The molecule has 2 rings (SSSR count). The molecular formula is C12H7F3IO3+. The maximum atomic E-state index is 12.2. The smallest absolute Gasteiger partial charge is 0.432 e. The first-order chi connectivity index (χ1) is 8.81. The quantitative estimate of drug-likeness (QED) is 0.419. The van der Waals surface area contributed by atoms with Gasteiger partial charge in [-0.3, -0.25) is 9.59 Å². The highest BCUT2D eigenvalue weighted by Crippen LogP contribution is 2.24. The molecule has 0 unspecified atom stereocenters. The van der Waals surface area contributed by atoms with Gasteiger partial charge in [-0.2, -0.15) is 13.2 Å². The number of ketones is 2. The van der Waals surface area contributed by atoms with Crippen molar-refractivity contribution in [2.24, 2.45) is 0 Å². The molecule has 1 aromatic rings. The van der Waals surface area contributed by atoms with Crippen LogP contribution >= 0.6 is 0 Å². The normalized spacial score (nSPS) is 15.7. The number of allylic oxidation sites excluding steroid dienone is 1. The third kappa shape index (κ3) is 2.80. The summed E-state index contributed by atoms with van der Waals surface area (Å²) in [6, 6.07) is 5.84. The van der Waals surface area contributed by atoms with Crippen molar-refractivity contribution in [1.82, 2.24) is 0 Å². The van der Waals surface area contributed by atoms with E-state index in [1.54, 1.807) is 0 Å². The number of aliphatic hydroxyl groups excluding tert-OH is 1. The van der Waals surface area contributed by atoms with Crippen molar-refractivity contribution >= 4 is 17.3 Å². The van der Waals surface area contributed by atoms with Crippen LogP contribution in [0.1, 0.15) is 15.9 Å². The summed E-state index contributed by atoms with van der Waals surface area (Å²) >= 11 is -1.79. The molecule has 7 heteroatoms. The van der Waals surface area contributed by atoms with Crippen molar-refractivity contribution in [3.63, 3.8) is 0 Å². The van der Waals surface area contributed by atoms with Crippen LogP contribution in [0.15, 0.2) is 27.8 Å². The molecule has 0 amide bonds. The van der Waals surface area contributed by atoms with E-state index >= 15 is 0 Å². The fraction of sp³-hybridized carbons (Fsp3) is 0.167. The minimum absolute atomic E-state index is 0.0322. The zero-order chi connectivity index (χ0) is 14.2. The van der Waals surface area contributed by atoms with E-state index in [2.05, 4.69) is 0 Å². The van der Waals surface area contributed by atoms with Gasteiger partial charge in [-0.15, -0.1) is 0 Å². The largest absolute Gasteiger partial charge is 0.503 e. The van der Waals surface area contributed by atoms with Gasteiger partial charge >= 0.3 is 27.4 Å². The average molecular weight is 383 g/mol. The van der Waals surface area contributed by atoms with E-state index in [1.807, 2.05) is 0 Å². The monoisotopic (exact) mass is 383 g/mol. The lowest BCUT2D eigenvalue weighted by molar-refractivity contribution is -0.625. The first-order valence-corrected chi connectivity index (χ1v) is 7.69. The number of hydrogen-bond acceptors (Lipinski definition) is 3. The highest BCUT2D eigenvalue weighted by Gasteiger charge is 2.45. The number of benzene rings is 1. The summed E-state index contributed by atoms with van der Waals surface area (Å²) in [6.45, 7) is 0. The topological polar surface area (TPSA) is 54.4 Å². The van der Waals surface area contributed by atoms with E-state index in [9.17, 15) is 27.9 Å². The summed E-state index contributed by atoms with van der Waals surface area (Å²) < 4.78 is 35.0. The van der Waals surface area contributed by atoms with E-state index in [1.165, 1.54) is 24.3 Å². The zero-order valence-corrected chi connectivity index (χ0v) is 11.4. The number of halogens is 4. The summed E-state index contributed by atoms with van der Waals surface area (Å²) in [7, 11) is 0. The van der Waals surface area contributed by atoms with Gasteiger partial charge in [-0.25, -0.2) is 0 Å². The number of fused-ring (bicyclic) bond motifs is 1. The highest BCUT2D eigenvalue weighted by atomic mass is 127. The van der Waals surface area contributed by atoms with Crippen LogP contribution in [0.4, 0.5) is 13.2 Å². The third-order valence-electron chi connectivity index (χ3n) is 2.39. The number of hydrogen-bond donors (Lipinski definition) is 1. The van der Waals surface area contributed by atoms with Gasteiger partial charge < -0.3 is 5.11 Å². The maximum Gasteiger partial charge on any atom is 0.432 e. The Morgan fingerprint density at radius 3 is 2.21 bits per heavy atom. The standard InChI is InChI=1S/C12H6F3IO3/c13-12(14,15)5-16-8-9(17)6-3-1-2-4-7(6)10(18)11(8)19/h1-4H,5H2/p+1. The predicted molar refractivity (Wildman–Crippen MR) is 56.3 cm³/mol. The minimum atomic E-state index is -4.40. The van der Waals surface area contributed by atoms with Crippen molar-refractivity contribution in [2.75, 3.05) is 4.43 Å². The summed E-state index contributed by atoms with van der Waals surface area (Å²) in [5.74, 6) is -2.37. The highest BCUT2D eigenvalue weighted by molar-refractivity contribution is 6.51. The molecule has 1 aliphatic carbocycles. The molecule has 3 nitrogen and oxygen atoms in total. The molecule has 1 aliphatic rings. The van der Waals surface area contributed by atoms with Crippen LogP contribution in [-0.2, 0) is 4.79 Å². The van der Waals surface area contributed by atoms with E-state index in [0.717, 1.165) is 0 Å². The van der Waals surface area contributed by atoms with Crippen molar-refractivity contribution in [1.29, 1.82) is 0 Å². The van der Waals surface area contributed by atoms with E-state index in [4.69, 9.17) is 0 Å². The Bertz CT molecular complexity index is 590. The third-order valence-corrected chi connectivity index (χ3v) is 5.40. The van der Waals surface area contributed by atoms with Crippen LogP contribution in [-0.4, -0.2) is 27.3 Å². The molecule has 0 fully saturated rings. The van der Waals surface area contributed by atoms with Gasteiger partial charge in [0.1, 0.15) is 0 Å². The molecular weight excluding hydrogens is 376 g/mol. The first kappa shape index (κ1) is 14.0. The zero-order valence-electron chi connectivity index (χ0n) is 9.29. The number of alkyl halides is 4. The van der Waals surface area contributed by atoms with E-state index < -0.39 is 49.1 Å². The number of carbonyl (C=O) groups is 2. The predicted octanol–water partition coefficient (Wildman–Crippen LogP) is -0.670. The fourth-order valence-electron chi connectivity index (χ4n) is 1.60. The van der Waals surface area contributed by atoms with Crippen molar-refractivity contribution in [3.8, 4) is 0 Å². The Balaban J connectivity index is 2.42. The average Bonchev–Trinajstić information content (AvgIpc) is 2.35. The Morgan fingerprint density at radius 2 is 1.63 bits per heavy atom. The Labute approximate surface area is 116 Å². The molecule has 0 aliphatic heterocycles. The molecule has 0 radical (unpaired) electrons. The molecule has 0 saturated heterocycles. The summed E-state index contributed by atoms with van der Waals surface area (Å²) in [4.78, 5) is 23.4. The maximum absolute atomic E-state index is 12.2. The van der Waals surface area contributed by atoms with Crippen LogP contribution in [0.3, 0.4) is 0 Å². The van der Waals surface area contributed by atoms with Gasteiger partial charge in [-0.05, 0) is 0 Å². The Hall–Kier alpha value is -1.38. The Morgan fingerprint density at radius 1 is 1.05 bits per heavy atom. The van der Waals surface area contributed by atoms with Crippen LogP contribution in [0, 0.1) is 0 Å². The molecule has 0 bridgehead atoms. The van der Waals surface area contributed by atoms with Gasteiger partial charge in [0.2, 0.25) is 10.2 Å². The SMILES string of the molecule is O=C1C(=O)c2ccccc2C(O)=C1[I+]CC(F)(F)F. The van der Waals surface area contributed by atoms with Gasteiger partial charge in [0, 0.05) is 11.1 Å². The number of carbonyl (C=O) groups excluding carboxylic acids is 2. The molecule has 1 N–H and O–H groups in total. The molecule has 19 heavy (non-hydrogen) atoms. The van der Waals surface area contributed by atoms with Crippen molar-refractivity contribution in [3.05, 3.63) is 39.0 Å². The lowest BCUT2D eigenvalue weighted by atomic mass is 9.94. The molecule has 0 saturated carbocycles. The molecule has 100 valence electrons. The van der Waals surface area contributed by atoms with Crippen LogP contribution in [0.5, 0.6) is 0 Å². The van der Waals surface area contributed by atoms with Crippen molar-refractivity contribution < 1.29 is 49.1 Å². The molecule has 0 heterocycles. The Kier molecular flexibility index (Phi) is 3.66. The second kappa shape index (κ2) is 4.95. The van der Waals surface area contributed by atoms with Crippen molar-refractivity contribution in [2.45, 2.75) is 6.18 Å². The second-order valence-corrected chi connectivity index (χ2v) is 6.35.